The summed E-state index contributed by atoms with van der Waals surface area (Å²) in [6, 6.07) is 16.5. The first-order valence-electron chi connectivity index (χ1n) is 10.0. The Balaban J connectivity index is 1.48. The Kier molecular flexibility index (Phi) is 5.51. The van der Waals surface area contributed by atoms with Crippen molar-refractivity contribution in [3.63, 3.8) is 0 Å². The summed E-state index contributed by atoms with van der Waals surface area (Å²) >= 11 is 0. The monoisotopic (exact) mass is 374 g/mol. The van der Waals surface area contributed by atoms with Crippen LogP contribution in [0, 0.1) is 6.92 Å². The van der Waals surface area contributed by atoms with E-state index in [1.165, 1.54) is 18.4 Å². The van der Waals surface area contributed by atoms with Gasteiger partial charge in [-0.15, -0.1) is 0 Å². The fourth-order valence-electron chi connectivity index (χ4n) is 3.92. The standard InChI is InChI=1S/C23H26N4O/c1-17-7-6-8-18(13-17)14-23(28)25-16-19-15-22(21-11-4-5-12-24-21)27(26-19)20-9-2-3-10-20/h4-8,11-13,15,20H,2-3,9-10,14,16H2,1H3,(H,25,28). The molecule has 5 nitrogen and oxygen atoms in total. The van der Waals surface area contributed by atoms with Crippen molar-refractivity contribution in [3.05, 3.63) is 71.5 Å². The van der Waals surface area contributed by atoms with E-state index >= 15 is 0 Å². The lowest BCUT2D eigenvalue weighted by Crippen LogP contribution is -2.25. The van der Waals surface area contributed by atoms with Gasteiger partial charge in [-0.05, 0) is 43.5 Å². The van der Waals surface area contributed by atoms with Crippen LogP contribution in [-0.2, 0) is 17.8 Å². The fourth-order valence-corrected chi connectivity index (χ4v) is 3.92. The molecule has 3 aromatic rings. The summed E-state index contributed by atoms with van der Waals surface area (Å²) in [4.78, 5) is 16.9. The Morgan fingerprint density at radius 2 is 2.00 bits per heavy atom. The maximum absolute atomic E-state index is 12.4. The highest BCUT2D eigenvalue weighted by Crippen LogP contribution is 2.33. The molecule has 0 unspecified atom stereocenters. The van der Waals surface area contributed by atoms with Gasteiger partial charge in [-0.1, -0.05) is 48.7 Å². The van der Waals surface area contributed by atoms with Crippen LogP contribution in [0.5, 0.6) is 0 Å². The van der Waals surface area contributed by atoms with Crippen molar-refractivity contribution in [2.24, 2.45) is 0 Å². The molecule has 0 atom stereocenters. The first-order chi connectivity index (χ1) is 13.7. The predicted octanol–water partition coefficient (Wildman–Crippen LogP) is 4.23. The van der Waals surface area contributed by atoms with E-state index in [1.54, 1.807) is 0 Å². The molecule has 1 amide bonds. The normalized spacial score (nSPS) is 14.3. The number of hydrogen-bond donors (Lipinski definition) is 1. The van der Waals surface area contributed by atoms with Crippen molar-refractivity contribution >= 4 is 5.91 Å². The third-order valence-electron chi connectivity index (χ3n) is 5.30. The number of hydrogen-bond acceptors (Lipinski definition) is 3. The summed E-state index contributed by atoms with van der Waals surface area (Å²) in [7, 11) is 0. The number of benzene rings is 1. The number of aromatic nitrogens is 3. The second-order valence-electron chi connectivity index (χ2n) is 7.56. The van der Waals surface area contributed by atoms with Crippen molar-refractivity contribution in [3.8, 4) is 11.4 Å². The first-order valence-corrected chi connectivity index (χ1v) is 10.0. The van der Waals surface area contributed by atoms with Gasteiger partial charge in [-0.25, -0.2) is 0 Å². The van der Waals surface area contributed by atoms with E-state index in [1.807, 2.05) is 55.6 Å². The van der Waals surface area contributed by atoms with Gasteiger partial charge in [0.1, 0.15) is 0 Å². The van der Waals surface area contributed by atoms with Gasteiger partial charge in [0.2, 0.25) is 5.91 Å². The predicted molar refractivity (Wildman–Crippen MR) is 110 cm³/mol. The summed E-state index contributed by atoms with van der Waals surface area (Å²) in [6.07, 6.45) is 6.99. The van der Waals surface area contributed by atoms with Crippen LogP contribution < -0.4 is 5.32 Å². The summed E-state index contributed by atoms with van der Waals surface area (Å²) in [6.45, 7) is 2.47. The van der Waals surface area contributed by atoms with E-state index < -0.39 is 0 Å². The van der Waals surface area contributed by atoms with Gasteiger partial charge in [0.15, 0.2) is 0 Å². The quantitative estimate of drug-likeness (QED) is 0.702. The summed E-state index contributed by atoms with van der Waals surface area (Å²) in [5.41, 5.74) is 5.04. The molecule has 1 aliphatic rings. The first kappa shape index (κ1) is 18.4. The maximum Gasteiger partial charge on any atom is 0.224 e. The molecule has 2 aromatic heterocycles. The smallest absolute Gasteiger partial charge is 0.224 e. The second kappa shape index (κ2) is 8.38. The Morgan fingerprint density at radius 1 is 1.14 bits per heavy atom. The molecule has 0 radical (unpaired) electrons. The lowest BCUT2D eigenvalue weighted by Gasteiger charge is -2.13. The molecule has 0 aliphatic heterocycles. The Bertz CT molecular complexity index is 942. The van der Waals surface area contributed by atoms with Gasteiger partial charge < -0.3 is 5.32 Å². The third kappa shape index (κ3) is 4.30. The zero-order valence-electron chi connectivity index (χ0n) is 16.3. The second-order valence-corrected chi connectivity index (χ2v) is 7.56. The van der Waals surface area contributed by atoms with E-state index in [9.17, 15) is 4.79 Å². The number of carbonyl (C=O) groups is 1. The SMILES string of the molecule is Cc1cccc(CC(=O)NCc2cc(-c3ccccn3)n(C3CCCC3)n2)c1. The molecule has 0 saturated heterocycles. The summed E-state index contributed by atoms with van der Waals surface area (Å²) < 4.78 is 2.12. The molecule has 5 heteroatoms. The molecule has 1 aromatic carbocycles. The lowest BCUT2D eigenvalue weighted by molar-refractivity contribution is -0.120. The number of amides is 1. The zero-order chi connectivity index (χ0) is 19.3. The van der Waals surface area contributed by atoms with Crippen LogP contribution in [0.2, 0.25) is 0 Å². The third-order valence-corrected chi connectivity index (χ3v) is 5.30. The van der Waals surface area contributed by atoms with Gasteiger partial charge in [-0.2, -0.15) is 5.10 Å². The van der Waals surface area contributed by atoms with E-state index in [0.717, 1.165) is 35.5 Å². The van der Waals surface area contributed by atoms with Crippen LogP contribution in [0.1, 0.15) is 48.5 Å². The lowest BCUT2D eigenvalue weighted by atomic mass is 10.1. The van der Waals surface area contributed by atoms with Crippen LogP contribution in [0.25, 0.3) is 11.4 Å². The molecule has 2 heterocycles. The average Bonchev–Trinajstić information content (AvgIpc) is 3.37. The molecule has 0 bridgehead atoms. The van der Waals surface area contributed by atoms with Gasteiger partial charge >= 0.3 is 0 Å². The molecular formula is C23H26N4O. The number of nitrogens with zero attached hydrogens (tertiary/aromatic N) is 3. The molecule has 144 valence electrons. The number of rotatable bonds is 6. The number of nitrogens with one attached hydrogen (secondary N) is 1. The maximum atomic E-state index is 12.4. The van der Waals surface area contributed by atoms with Crippen LogP contribution in [0.3, 0.4) is 0 Å². The van der Waals surface area contributed by atoms with Crippen molar-refractivity contribution < 1.29 is 4.79 Å². The topological polar surface area (TPSA) is 59.8 Å². The van der Waals surface area contributed by atoms with Crippen molar-refractivity contribution in [2.45, 2.75) is 51.6 Å². The van der Waals surface area contributed by atoms with E-state index in [0.29, 0.717) is 19.0 Å². The Labute approximate surface area is 165 Å². The highest BCUT2D eigenvalue weighted by Gasteiger charge is 2.22. The number of carbonyl (C=O) groups excluding carboxylic acids is 1. The minimum Gasteiger partial charge on any atom is -0.350 e. The minimum absolute atomic E-state index is 0.0143. The molecule has 0 spiro atoms. The zero-order valence-corrected chi connectivity index (χ0v) is 16.3. The van der Waals surface area contributed by atoms with Crippen LogP contribution >= 0.6 is 0 Å². The molecule has 28 heavy (non-hydrogen) atoms. The highest BCUT2D eigenvalue weighted by atomic mass is 16.1. The van der Waals surface area contributed by atoms with Crippen molar-refractivity contribution in [1.29, 1.82) is 0 Å². The van der Waals surface area contributed by atoms with Gasteiger partial charge in [0, 0.05) is 6.20 Å². The van der Waals surface area contributed by atoms with Gasteiger partial charge in [-0.3, -0.25) is 14.5 Å². The van der Waals surface area contributed by atoms with Crippen LogP contribution in [-0.4, -0.2) is 20.7 Å². The van der Waals surface area contributed by atoms with Gasteiger partial charge in [0.25, 0.3) is 0 Å². The van der Waals surface area contributed by atoms with E-state index in [4.69, 9.17) is 5.10 Å². The summed E-state index contributed by atoms with van der Waals surface area (Å²) in [5.74, 6) is 0.0143. The van der Waals surface area contributed by atoms with Crippen LogP contribution in [0.4, 0.5) is 0 Å². The highest BCUT2D eigenvalue weighted by molar-refractivity contribution is 5.78. The Hall–Kier alpha value is -2.95. The molecule has 4 rings (SSSR count). The van der Waals surface area contributed by atoms with Crippen molar-refractivity contribution in [1.82, 2.24) is 20.1 Å². The molecule has 1 N–H and O–H groups in total. The molecular weight excluding hydrogens is 348 g/mol. The number of pyridine rings is 1. The van der Waals surface area contributed by atoms with Crippen LogP contribution in [0.15, 0.2) is 54.7 Å². The average molecular weight is 374 g/mol. The Morgan fingerprint density at radius 3 is 2.75 bits per heavy atom. The number of aryl methyl sites for hydroxylation is 1. The largest absolute Gasteiger partial charge is 0.350 e. The molecule has 1 fully saturated rings. The van der Waals surface area contributed by atoms with E-state index in [-0.39, 0.29) is 5.91 Å². The van der Waals surface area contributed by atoms with Crippen molar-refractivity contribution in [2.75, 3.05) is 0 Å². The minimum atomic E-state index is 0.0143. The molecule has 1 aliphatic carbocycles. The fraction of sp³-hybridized carbons (Fsp3) is 0.348. The van der Waals surface area contributed by atoms with E-state index in [2.05, 4.69) is 21.0 Å². The van der Waals surface area contributed by atoms with Gasteiger partial charge in [0.05, 0.1) is 36.1 Å². The summed E-state index contributed by atoms with van der Waals surface area (Å²) in [5, 5.41) is 7.84. The molecule has 1 saturated carbocycles.